The molecule has 0 amide bonds. The summed E-state index contributed by atoms with van der Waals surface area (Å²) < 4.78 is 15.9. The highest BCUT2D eigenvalue weighted by Gasteiger charge is 2.13. The second kappa shape index (κ2) is 7.19. The Morgan fingerprint density at radius 3 is 2.00 bits per heavy atom. The Kier molecular flexibility index (Phi) is 5.05. The highest BCUT2D eigenvalue weighted by atomic mass is 16.5. The first-order valence-electron chi connectivity index (χ1n) is 6.70. The zero-order chi connectivity index (χ0) is 15.9. The van der Waals surface area contributed by atoms with Gasteiger partial charge in [0.2, 0.25) is 5.75 Å². The summed E-state index contributed by atoms with van der Waals surface area (Å²) in [6.07, 6.45) is 1.79. The van der Waals surface area contributed by atoms with Crippen LogP contribution in [0.2, 0.25) is 0 Å². The number of hydrogen-bond donors (Lipinski definition) is 0. The predicted molar refractivity (Wildman–Crippen MR) is 86.0 cm³/mol. The summed E-state index contributed by atoms with van der Waals surface area (Å²) in [6.45, 7) is 0. The second-order valence-corrected chi connectivity index (χ2v) is 4.49. The third-order valence-corrected chi connectivity index (χ3v) is 3.20. The largest absolute Gasteiger partial charge is 0.493 e. The van der Waals surface area contributed by atoms with Crippen LogP contribution in [0.25, 0.3) is 11.6 Å². The van der Waals surface area contributed by atoms with E-state index < -0.39 is 0 Å². The van der Waals surface area contributed by atoms with Gasteiger partial charge in [0, 0.05) is 0 Å². The van der Waals surface area contributed by atoms with Crippen LogP contribution < -0.4 is 14.2 Å². The SMILES string of the molecule is COc1cc(/C=C(\C#N)c2ccccc2)cc(OC)c1OC. The van der Waals surface area contributed by atoms with E-state index in [0.29, 0.717) is 22.8 Å². The van der Waals surface area contributed by atoms with Crippen LogP contribution in [0.3, 0.4) is 0 Å². The van der Waals surface area contributed by atoms with Crippen LogP contribution in [0.4, 0.5) is 0 Å². The first kappa shape index (κ1) is 15.5. The van der Waals surface area contributed by atoms with E-state index in [1.807, 2.05) is 42.5 Å². The zero-order valence-electron chi connectivity index (χ0n) is 12.8. The fourth-order valence-electron chi connectivity index (χ4n) is 2.15. The number of rotatable bonds is 5. The van der Waals surface area contributed by atoms with E-state index in [0.717, 1.165) is 11.1 Å². The van der Waals surface area contributed by atoms with Crippen LogP contribution in [0.1, 0.15) is 11.1 Å². The standard InChI is InChI=1S/C18H17NO3/c1-20-16-10-13(11-17(21-2)18(16)22-3)9-15(12-19)14-7-5-4-6-8-14/h4-11H,1-3H3/b15-9+. The summed E-state index contributed by atoms with van der Waals surface area (Å²) in [7, 11) is 4.68. The molecule has 112 valence electrons. The van der Waals surface area contributed by atoms with E-state index in [2.05, 4.69) is 6.07 Å². The van der Waals surface area contributed by atoms with Gasteiger partial charge in [0.15, 0.2) is 11.5 Å². The minimum Gasteiger partial charge on any atom is -0.493 e. The summed E-state index contributed by atoms with van der Waals surface area (Å²) in [6, 6.07) is 15.3. The van der Waals surface area contributed by atoms with Crippen molar-refractivity contribution in [1.29, 1.82) is 5.26 Å². The van der Waals surface area contributed by atoms with Crippen molar-refractivity contribution in [3.8, 4) is 23.3 Å². The number of methoxy groups -OCH3 is 3. The fraction of sp³-hybridized carbons (Fsp3) is 0.167. The maximum absolute atomic E-state index is 9.39. The minimum absolute atomic E-state index is 0.528. The molecule has 0 bridgehead atoms. The number of nitrogens with zero attached hydrogens (tertiary/aromatic N) is 1. The number of allylic oxidation sites excluding steroid dienone is 1. The molecule has 0 aliphatic heterocycles. The van der Waals surface area contributed by atoms with Crippen LogP contribution in [-0.2, 0) is 0 Å². The Bertz CT molecular complexity index is 690. The molecule has 0 heterocycles. The van der Waals surface area contributed by atoms with Crippen molar-refractivity contribution in [3.63, 3.8) is 0 Å². The van der Waals surface area contributed by atoms with E-state index in [4.69, 9.17) is 14.2 Å². The van der Waals surface area contributed by atoms with E-state index >= 15 is 0 Å². The topological polar surface area (TPSA) is 51.5 Å². The van der Waals surface area contributed by atoms with Gasteiger partial charge in [-0.25, -0.2) is 0 Å². The molecule has 0 unspecified atom stereocenters. The highest BCUT2D eigenvalue weighted by Crippen LogP contribution is 2.39. The molecule has 2 aromatic rings. The third-order valence-electron chi connectivity index (χ3n) is 3.20. The average molecular weight is 295 g/mol. The molecule has 0 aliphatic carbocycles. The molecule has 0 saturated heterocycles. The van der Waals surface area contributed by atoms with E-state index in [-0.39, 0.29) is 0 Å². The van der Waals surface area contributed by atoms with Crippen molar-refractivity contribution in [3.05, 3.63) is 53.6 Å². The van der Waals surface area contributed by atoms with Gasteiger partial charge in [0.1, 0.15) is 0 Å². The molecule has 0 radical (unpaired) electrons. The predicted octanol–water partition coefficient (Wildman–Crippen LogP) is 3.78. The molecule has 0 saturated carbocycles. The summed E-state index contributed by atoms with van der Waals surface area (Å²) in [5.41, 5.74) is 2.23. The molecule has 0 atom stereocenters. The molecule has 0 spiro atoms. The van der Waals surface area contributed by atoms with Gasteiger partial charge < -0.3 is 14.2 Å². The second-order valence-electron chi connectivity index (χ2n) is 4.49. The van der Waals surface area contributed by atoms with Crippen molar-refractivity contribution in [2.75, 3.05) is 21.3 Å². The maximum Gasteiger partial charge on any atom is 0.203 e. The van der Waals surface area contributed by atoms with Gasteiger partial charge in [0.05, 0.1) is 33.0 Å². The van der Waals surface area contributed by atoms with Crippen molar-refractivity contribution >= 4 is 11.6 Å². The van der Waals surface area contributed by atoms with Crippen LogP contribution in [0, 0.1) is 11.3 Å². The molecule has 0 N–H and O–H groups in total. The maximum atomic E-state index is 9.39. The van der Waals surface area contributed by atoms with Crippen LogP contribution in [-0.4, -0.2) is 21.3 Å². The summed E-state index contributed by atoms with van der Waals surface area (Å²) in [5.74, 6) is 1.64. The van der Waals surface area contributed by atoms with Crippen molar-refractivity contribution in [1.82, 2.24) is 0 Å². The summed E-state index contributed by atoms with van der Waals surface area (Å²) >= 11 is 0. The van der Waals surface area contributed by atoms with E-state index in [1.54, 1.807) is 27.4 Å². The van der Waals surface area contributed by atoms with E-state index in [1.165, 1.54) is 0 Å². The monoisotopic (exact) mass is 295 g/mol. The fourth-order valence-corrected chi connectivity index (χ4v) is 2.15. The number of ether oxygens (including phenoxy) is 3. The molecular formula is C18H17NO3. The summed E-state index contributed by atoms with van der Waals surface area (Å²) in [4.78, 5) is 0. The van der Waals surface area contributed by atoms with Gasteiger partial charge in [-0.1, -0.05) is 30.3 Å². The normalized spacial score (nSPS) is 10.7. The Labute approximate surface area is 130 Å². The molecule has 2 aromatic carbocycles. The zero-order valence-corrected chi connectivity index (χ0v) is 12.8. The van der Waals surface area contributed by atoms with Crippen molar-refractivity contribution in [2.24, 2.45) is 0 Å². The Morgan fingerprint density at radius 1 is 0.955 bits per heavy atom. The lowest BCUT2D eigenvalue weighted by Gasteiger charge is -2.13. The molecule has 4 heteroatoms. The van der Waals surface area contributed by atoms with Crippen molar-refractivity contribution in [2.45, 2.75) is 0 Å². The Morgan fingerprint density at radius 2 is 1.55 bits per heavy atom. The summed E-state index contributed by atoms with van der Waals surface area (Å²) in [5, 5.41) is 9.39. The highest BCUT2D eigenvalue weighted by molar-refractivity contribution is 5.90. The number of benzene rings is 2. The van der Waals surface area contributed by atoms with Gasteiger partial charge in [0.25, 0.3) is 0 Å². The van der Waals surface area contributed by atoms with Gasteiger partial charge >= 0.3 is 0 Å². The van der Waals surface area contributed by atoms with Crippen LogP contribution in [0.5, 0.6) is 17.2 Å². The molecule has 22 heavy (non-hydrogen) atoms. The Hall–Kier alpha value is -2.93. The van der Waals surface area contributed by atoms with Gasteiger partial charge in [-0.2, -0.15) is 5.26 Å². The lowest BCUT2D eigenvalue weighted by molar-refractivity contribution is 0.324. The quantitative estimate of drug-likeness (QED) is 0.622. The van der Waals surface area contributed by atoms with Gasteiger partial charge in [-0.15, -0.1) is 0 Å². The first-order chi connectivity index (χ1) is 10.7. The third kappa shape index (κ3) is 3.21. The molecule has 2 rings (SSSR count). The Balaban J connectivity index is 2.53. The lowest BCUT2D eigenvalue weighted by Crippen LogP contribution is -1.95. The molecule has 0 aromatic heterocycles. The number of nitriles is 1. The minimum atomic E-state index is 0.528. The average Bonchev–Trinajstić information content (AvgIpc) is 2.59. The smallest absolute Gasteiger partial charge is 0.203 e. The number of hydrogen-bond acceptors (Lipinski definition) is 4. The van der Waals surface area contributed by atoms with Crippen molar-refractivity contribution < 1.29 is 14.2 Å². The molecule has 4 nitrogen and oxygen atoms in total. The van der Waals surface area contributed by atoms with E-state index in [9.17, 15) is 5.26 Å². The molecule has 0 aliphatic rings. The van der Waals surface area contributed by atoms with Crippen LogP contribution >= 0.6 is 0 Å². The van der Waals surface area contributed by atoms with Gasteiger partial charge in [-0.3, -0.25) is 0 Å². The van der Waals surface area contributed by atoms with Crippen LogP contribution in [0.15, 0.2) is 42.5 Å². The van der Waals surface area contributed by atoms with Gasteiger partial charge in [-0.05, 0) is 29.3 Å². The lowest BCUT2D eigenvalue weighted by atomic mass is 10.0. The molecule has 0 fully saturated rings. The first-order valence-corrected chi connectivity index (χ1v) is 6.70. The molecular weight excluding hydrogens is 278 g/mol.